The Morgan fingerprint density at radius 3 is 2.15 bits per heavy atom. The van der Waals surface area contributed by atoms with Crippen molar-refractivity contribution in [2.24, 2.45) is 5.92 Å². The molecule has 0 rings (SSSR count). The molecule has 0 spiro atoms. The second kappa shape index (κ2) is 17.8. The van der Waals surface area contributed by atoms with E-state index in [4.69, 9.17) is 17.8 Å². The van der Waals surface area contributed by atoms with Crippen molar-refractivity contribution in [2.75, 3.05) is 0 Å². The molecule has 0 aliphatic heterocycles. The Balaban J connectivity index is 5.56. The maximum absolute atomic E-state index is 11.9. The van der Waals surface area contributed by atoms with Crippen LogP contribution in [0.4, 0.5) is 0 Å². The normalized spacial score (nSPS) is 25.6. The van der Waals surface area contributed by atoms with Gasteiger partial charge in [-0.3, -0.25) is 4.79 Å². The van der Waals surface area contributed by atoms with E-state index in [0.29, 0.717) is 6.42 Å². The molecule has 0 aromatic rings. The fourth-order valence-corrected chi connectivity index (χ4v) is 2.72. The lowest BCUT2D eigenvalue weighted by molar-refractivity contribution is -0.146. The number of carboxylic acid groups (broad SMARTS) is 1. The van der Waals surface area contributed by atoms with Gasteiger partial charge in [0.05, 0.1) is 18.1 Å². The highest BCUT2D eigenvalue weighted by molar-refractivity contribution is 5.70. The first kappa shape index (κ1) is 10.8. The Morgan fingerprint density at radius 2 is 1.58 bits per heavy atom. The number of aliphatic hydroxyl groups is 2. The van der Waals surface area contributed by atoms with Gasteiger partial charge < -0.3 is 15.3 Å². The van der Waals surface area contributed by atoms with Crippen molar-refractivity contribution in [1.29, 1.82) is 0 Å². The highest BCUT2D eigenvalue weighted by Gasteiger charge is 2.27. The third kappa shape index (κ3) is 14.5. The second-order valence-corrected chi connectivity index (χ2v) is 6.53. The van der Waals surface area contributed by atoms with Gasteiger partial charge >= 0.3 is 5.97 Å². The van der Waals surface area contributed by atoms with Gasteiger partial charge in [0.1, 0.15) is 0 Å². The molecule has 26 heavy (non-hydrogen) atoms. The maximum Gasteiger partial charge on any atom is 0.309 e. The first-order valence-corrected chi connectivity index (χ1v) is 9.54. The maximum atomic E-state index is 11.9. The highest BCUT2D eigenvalue weighted by Crippen LogP contribution is 2.20. The van der Waals surface area contributed by atoms with E-state index in [1.54, 1.807) is 0 Å². The zero-order valence-corrected chi connectivity index (χ0v) is 15.8. The molecule has 0 amide bonds. The average Bonchev–Trinajstić information content (AvgIpc) is 2.76. The molecule has 3 N–H and O–H groups in total. The van der Waals surface area contributed by atoms with Crippen LogP contribution in [0.2, 0.25) is 0 Å². The van der Waals surface area contributed by atoms with Crippen LogP contribution < -0.4 is 0 Å². The standard InChI is InChI=1S/C22H44O4/c1-3-5-7-9-10-11-12-13-14-16-19(23)18-21(24)20(22(25)26)17-15-8-6-4-2/h19-21,23-24H,3-18H2,1-2H3,(H,25,26)/t19-,20-,21-/m0/s1/i2D3,4D2,6D2,8D2,15D2,17D2. The van der Waals surface area contributed by atoms with Gasteiger partial charge in [-0.25, -0.2) is 0 Å². The molecular formula is C22H44O4. The Hall–Kier alpha value is -0.610. The van der Waals surface area contributed by atoms with Gasteiger partial charge in [0, 0.05) is 24.2 Å². The van der Waals surface area contributed by atoms with Crippen LogP contribution in [-0.4, -0.2) is 33.5 Å². The van der Waals surface area contributed by atoms with Crippen LogP contribution >= 0.6 is 0 Å². The number of aliphatic hydroxyl groups excluding tert-OH is 2. The van der Waals surface area contributed by atoms with Crippen molar-refractivity contribution in [1.82, 2.24) is 0 Å². The summed E-state index contributed by atoms with van der Waals surface area (Å²) >= 11 is 0. The third-order valence-corrected chi connectivity index (χ3v) is 4.22. The van der Waals surface area contributed by atoms with Gasteiger partial charge in [-0.15, -0.1) is 0 Å². The van der Waals surface area contributed by atoms with Crippen molar-refractivity contribution in [3.8, 4) is 0 Å². The van der Waals surface area contributed by atoms with E-state index < -0.39 is 69.2 Å². The van der Waals surface area contributed by atoms with Crippen molar-refractivity contribution in [2.45, 2.75) is 128 Å². The Labute approximate surface area is 179 Å². The summed E-state index contributed by atoms with van der Waals surface area (Å²) in [5.74, 6) is -4.79. The summed E-state index contributed by atoms with van der Waals surface area (Å²) in [4.78, 5) is 11.9. The van der Waals surface area contributed by atoms with Crippen LogP contribution in [-0.2, 0) is 4.79 Å². The number of aliphatic carboxylic acids is 1. The molecule has 0 aromatic heterocycles. The van der Waals surface area contributed by atoms with E-state index >= 15 is 0 Å². The molecule has 4 heteroatoms. The van der Waals surface area contributed by atoms with E-state index in [9.17, 15) is 20.1 Å². The van der Waals surface area contributed by atoms with Gasteiger partial charge in [-0.1, -0.05) is 97.1 Å². The molecule has 0 unspecified atom stereocenters. The molecule has 0 heterocycles. The highest BCUT2D eigenvalue weighted by atomic mass is 16.4. The Kier molecular flexibility index (Phi) is 7.39. The number of rotatable bonds is 19. The van der Waals surface area contributed by atoms with Gasteiger partial charge in [0.2, 0.25) is 0 Å². The summed E-state index contributed by atoms with van der Waals surface area (Å²) in [5, 5.41) is 30.4. The second-order valence-electron chi connectivity index (χ2n) is 6.53. The van der Waals surface area contributed by atoms with Gasteiger partial charge in [-0.2, -0.15) is 0 Å². The smallest absolute Gasteiger partial charge is 0.309 e. The predicted octanol–water partition coefficient (Wildman–Crippen LogP) is 5.69. The van der Waals surface area contributed by atoms with Gasteiger partial charge in [0.25, 0.3) is 0 Å². The van der Waals surface area contributed by atoms with Crippen LogP contribution in [0.25, 0.3) is 0 Å². The minimum atomic E-state index is -4.23. The molecule has 0 aliphatic carbocycles. The Morgan fingerprint density at radius 1 is 0.962 bits per heavy atom. The van der Waals surface area contributed by atoms with Crippen molar-refractivity contribution < 1.29 is 37.9 Å². The average molecular weight is 386 g/mol. The Bertz CT molecular complexity index is 757. The molecule has 0 bridgehead atoms. The van der Waals surface area contributed by atoms with E-state index in [1.165, 1.54) is 12.8 Å². The summed E-state index contributed by atoms with van der Waals surface area (Å²) in [6.07, 6.45) is -15.4. The number of hydrogen-bond donors (Lipinski definition) is 3. The zero-order chi connectivity index (χ0) is 31.1. The lowest BCUT2D eigenvalue weighted by Crippen LogP contribution is -2.31. The van der Waals surface area contributed by atoms with Crippen LogP contribution in [0.5, 0.6) is 0 Å². The van der Waals surface area contributed by atoms with Crippen LogP contribution in [0.3, 0.4) is 0 Å². The third-order valence-electron chi connectivity index (χ3n) is 4.22. The topological polar surface area (TPSA) is 77.8 Å². The number of carbonyl (C=O) groups is 1. The quantitative estimate of drug-likeness (QED) is 0.250. The fraction of sp³-hybridized carbons (Fsp3) is 0.955. The van der Waals surface area contributed by atoms with Crippen molar-refractivity contribution in [3.63, 3.8) is 0 Å². The lowest BCUT2D eigenvalue weighted by Gasteiger charge is -2.21. The first-order valence-electron chi connectivity index (χ1n) is 16.0. The zero-order valence-electron chi connectivity index (χ0n) is 28.8. The minimum absolute atomic E-state index is 0.150. The number of carboxylic acids is 1. The molecule has 0 fully saturated rings. The summed E-state index contributed by atoms with van der Waals surface area (Å²) in [5.41, 5.74) is 0. The predicted molar refractivity (Wildman–Crippen MR) is 108 cm³/mol. The summed E-state index contributed by atoms with van der Waals surface area (Å²) in [6, 6.07) is 0. The van der Waals surface area contributed by atoms with Crippen LogP contribution in [0.15, 0.2) is 0 Å². The van der Waals surface area contributed by atoms with Crippen LogP contribution in [0.1, 0.15) is 134 Å². The molecule has 3 atom stereocenters. The molecule has 0 aromatic carbocycles. The number of hydrogen-bond acceptors (Lipinski definition) is 3. The monoisotopic (exact) mass is 385 g/mol. The SMILES string of the molecule is [2H]C([2H])([2H])C([2H])([2H])C([2H])([2H])C([2H])([2H])C([2H])([2H])C([2H])([2H])[C@H](C(=O)O)[C@@H](O)C[C@@H](O)CCCCCCCCCCC. The van der Waals surface area contributed by atoms with Gasteiger partial charge in [-0.05, 0) is 12.8 Å². The summed E-state index contributed by atoms with van der Waals surface area (Å²) in [7, 11) is 0. The molecule has 0 radical (unpaired) electrons. The molecule has 0 saturated carbocycles. The van der Waals surface area contributed by atoms with E-state index in [-0.39, 0.29) is 6.42 Å². The minimum Gasteiger partial charge on any atom is -0.481 e. The fourth-order valence-electron chi connectivity index (χ4n) is 2.72. The van der Waals surface area contributed by atoms with Crippen LogP contribution in [0, 0.1) is 5.92 Å². The lowest BCUT2D eigenvalue weighted by atomic mass is 9.90. The summed E-state index contributed by atoms with van der Waals surface area (Å²) < 4.78 is 101. The van der Waals surface area contributed by atoms with Crippen molar-refractivity contribution in [3.05, 3.63) is 0 Å². The van der Waals surface area contributed by atoms with E-state index in [2.05, 4.69) is 6.92 Å². The van der Waals surface area contributed by atoms with E-state index in [0.717, 1.165) is 38.5 Å². The van der Waals surface area contributed by atoms with Gasteiger partial charge in [0.15, 0.2) is 0 Å². The molecule has 156 valence electrons. The molecule has 0 saturated heterocycles. The van der Waals surface area contributed by atoms with Crippen molar-refractivity contribution >= 4 is 5.97 Å². The van der Waals surface area contributed by atoms with E-state index in [1.807, 2.05) is 0 Å². The molecule has 0 aliphatic rings. The number of unbranched alkanes of at least 4 members (excludes halogenated alkanes) is 8. The molecular weight excluding hydrogens is 328 g/mol. The largest absolute Gasteiger partial charge is 0.481 e. The molecule has 4 nitrogen and oxygen atoms in total. The summed E-state index contributed by atoms with van der Waals surface area (Å²) in [6.45, 7) is -1.65. The first-order chi connectivity index (χ1) is 17.4.